The summed E-state index contributed by atoms with van der Waals surface area (Å²) in [5.41, 5.74) is 16.2. The molecule has 1 aromatic heterocycles. The van der Waals surface area contributed by atoms with Crippen molar-refractivity contribution in [1.29, 1.82) is 0 Å². The number of imide groups is 1. The van der Waals surface area contributed by atoms with Crippen LogP contribution in [0.15, 0.2) is 85.1 Å². The van der Waals surface area contributed by atoms with E-state index in [1.54, 1.807) is 6.20 Å². The molecular weight excluding hydrogens is 815 g/mol. The van der Waals surface area contributed by atoms with Gasteiger partial charge in [-0.3, -0.25) is 19.7 Å². The number of aromatic nitrogens is 2. The monoisotopic (exact) mass is 863 g/mol. The number of hydrogen-bond donors (Lipinski definition) is 6. The molecule has 8 N–H and O–H groups in total. The summed E-state index contributed by atoms with van der Waals surface area (Å²) in [6.45, 7) is 2.92. The fourth-order valence-corrected chi connectivity index (χ4v) is 8.64. The second-order valence-electron chi connectivity index (χ2n) is 15.9. The minimum atomic E-state index is -5.08. The summed E-state index contributed by atoms with van der Waals surface area (Å²) >= 11 is 0. The van der Waals surface area contributed by atoms with Crippen LogP contribution in [0.1, 0.15) is 73.6 Å². The molecule has 3 aromatic carbocycles. The molecule has 5 unspecified atom stereocenters. The second kappa shape index (κ2) is 19.8. The van der Waals surface area contributed by atoms with Crippen molar-refractivity contribution in [2.45, 2.75) is 80.6 Å². The highest BCUT2D eigenvalue weighted by Gasteiger charge is 2.47. The number of amides is 3. The lowest BCUT2D eigenvalue weighted by atomic mass is 9.62. The number of likely N-dealkylation sites (tertiary alicyclic amines) is 1. The number of nitrogens with zero attached hydrogens (tertiary/aromatic N) is 3. The van der Waals surface area contributed by atoms with Gasteiger partial charge in [0, 0.05) is 54.6 Å². The fourth-order valence-electron chi connectivity index (χ4n) is 8.64. The number of carbonyl (C=O) groups excluding carboxylic acids is 3. The van der Waals surface area contributed by atoms with Gasteiger partial charge < -0.3 is 36.6 Å². The lowest BCUT2D eigenvalue weighted by Gasteiger charge is -2.48. The predicted octanol–water partition coefficient (Wildman–Crippen LogP) is 4.87. The second-order valence-corrected chi connectivity index (χ2v) is 15.9. The molecule has 0 saturated carbocycles. The van der Waals surface area contributed by atoms with Crippen LogP contribution in [0, 0.1) is 11.7 Å². The molecule has 3 aliphatic rings. The minimum absolute atomic E-state index is 0.0997. The molecule has 14 nitrogen and oxygen atoms in total. The van der Waals surface area contributed by atoms with Gasteiger partial charge in [0.2, 0.25) is 11.8 Å². The van der Waals surface area contributed by atoms with Gasteiger partial charge in [0.15, 0.2) is 6.10 Å². The van der Waals surface area contributed by atoms with Gasteiger partial charge >= 0.3 is 12.1 Å². The molecule has 4 aromatic rings. The maximum Gasteiger partial charge on any atom is 0.490 e. The topological polar surface area (TPSA) is 223 Å². The molecule has 3 aliphatic heterocycles. The highest BCUT2D eigenvalue weighted by atomic mass is 19.4. The summed E-state index contributed by atoms with van der Waals surface area (Å²) in [6.07, 6.45) is -0.0535. The number of primary amides is 1. The van der Waals surface area contributed by atoms with Gasteiger partial charge in [-0.2, -0.15) is 23.4 Å². The van der Waals surface area contributed by atoms with Gasteiger partial charge in [-0.15, -0.1) is 0 Å². The van der Waals surface area contributed by atoms with Crippen molar-refractivity contribution in [3.05, 3.63) is 108 Å². The van der Waals surface area contributed by atoms with Crippen molar-refractivity contribution < 1.29 is 51.7 Å². The number of hydrogen-bond acceptors (Lipinski definition) is 11. The molecule has 7 rings (SSSR count). The lowest BCUT2D eigenvalue weighted by molar-refractivity contribution is -0.192. The molecule has 0 radical (unpaired) electrons. The Balaban J connectivity index is 0.000000845. The number of piperidine rings is 3. The van der Waals surface area contributed by atoms with Gasteiger partial charge in [0.05, 0.1) is 0 Å². The highest BCUT2D eigenvalue weighted by Crippen LogP contribution is 2.46. The molecule has 0 aliphatic carbocycles. The number of carbonyl (C=O) groups is 4. The molecule has 18 heteroatoms. The third kappa shape index (κ3) is 11.1. The summed E-state index contributed by atoms with van der Waals surface area (Å²) in [7, 11) is 0. The van der Waals surface area contributed by atoms with E-state index in [0.717, 1.165) is 43.6 Å². The first-order valence-electron chi connectivity index (χ1n) is 20.3. The average molecular weight is 864 g/mol. The number of nitrogens with one attached hydrogen (secondary N) is 2. The van der Waals surface area contributed by atoms with E-state index >= 15 is 0 Å². The number of phenols is 1. The van der Waals surface area contributed by atoms with Gasteiger partial charge in [-0.05, 0) is 111 Å². The number of carboxylic acids is 1. The number of aliphatic carboxylic acids is 1. The summed E-state index contributed by atoms with van der Waals surface area (Å²) in [6, 6.07) is 22.9. The largest absolute Gasteiger partial charge is 0.507 e. The normalized spacial score (nSPS) is 22.8. The van der Waals surface area contributed by atoms with Crippen LogP contribution in [0.5, 0.6) is 11.5 Å². The van der Waals surface area contributed by atoms with Crippen molar-refractivity contribution in [3.8, 4) is 22.8 Å². The Bertz CT molecular complexity index is 2210. The first-order chi connectivity index (χ1) is 29.5. The molecular formula is C44H49F4N7O7. The summed E-state index contributed by atoms with van der Waals surface area (Å²) in [4.78, 5) is 48.1. The van der Waals surface area contributed by atoms with E-state index in [-0.39, 0.29) is 41.6 Å². The first-order valence-corrected chi connectivity index (χ1v) is 20.3. The Morgan fingerprint density at radius 2 is 1.69 bits per heavy atom. The number of carboxylic acid groups (broad SMARTS) is 1. The zero-order valence-electron chi connectivity index (χ0n) is 33.7. The Labute approximate surface area is 355 Å². The van der Waals surface area contributed by atoms with Crippen LogP contribution < -0.4 is 26.8 Å². The van der Waals surface area contributed by atoms with Gasteiger partial charge in [-0.25, -0.2) is 9.18 Å². The molecule has 0 spiro atoms. The van der Waals surface area contributed by atoms with Crippen LogP contribution >= 0.6 is 0 Å². The van der Waals surface area contributed by atoms with E-state index in [4.69, 9.17) is 26.1 Å². The minimum Gasteiger partial charge on any atom is -0.507 e. The SMILES string of the molecule is NC(=O)C(CCN1CCC(c2ccc(OC3CCC(=O)NC3=O)cc2)CC1)CC1(c2ccccc2)CC(c2ccnnc2-c2cc(F)ccc2O)NCC1N.O=C(O)C(F)(F)F. The lowest BCUT2D eigenvalue weighted by Crippen LogP contribution is -2.58. The van der Waals surface area contributed by atoms with E-state index < -0.39 is 41.3 Å². The Kier molecular flexibility index (Phi) is 14.6. The van der Waals surface area contributed by atoms with Gasteiger partial charge in [-0.1, -0.05) is 42.5 Å². The smallest absolute Gasteiger partial charge is 0.490 e. The number of phenolic OH excluding ortho intramolecular Hbond substituents is 1. The molecule has 0 bridgehead atoms. The first kappa shape index (κ1) is 45.5. The van der Waals surface area contributed by atoms with Crippen molar-refractivity contribution in [2.75, 3.05) is 26.2 Å². The summed E-state index contributed by atoms with van der Waals surface area (Å²) in [5.74, 6) is -3.85. The van der Waals surface area contributed by atoms with E-state index in [1.165, 1.54) is 23.8 Å². The zero-order valence-corrected chi connectivity index (χ0v) is 33.7. The van der Waals surface area contributed by atoms with Crippen LogP contribution in [-0.2, 0) is 24.6 Å². The van der Waals surface area contributed by atoms with Crippen molar-refractivity contribution in [1.82, 2.24) is 25.7 Å². The van der Waals surface area contributed by atoms with E-state index in [1.807, 2.05) is 36.4 Å². The number of nitrogens with two attached hydrogens (primary N) is 2. The molecule has 3 fully saturated rings. The van der Waals surface area contributed by atoms with Gasteiger partial charge in [0.25, 0.3) is 5.91 Å². The van der Waals surface area contributed by atoms with Crippen LogP contribution in [0.2, 0.25) is 0 Å². The van der Waals surface area contributed by atoms with E-state index in [2.05, 4.69) is 50.0 Å². The fraction of sp³-hybridized carbons (Fsp3) is 0.409. The van der Waals surface area contributed by atoms with E-state index in [0.29, 0.717) is 49.6 Å². The predicted molar refractivity (Wildman–Crippen MR) is 218 cm³/mol. The van der Waals surface area contributed by atoms with Crippen LogP contribution in [-0.4, -0.2) is 93.5 Å². The summed E-state index contributed by atoms with van der Waals surface area (Å²) < 4.78 is 52.0. The van der Waals surface area contributed by atoms with Crippen LogP contribution in [0.3, 0.4) is 0 Å². The zero-order chi connectivity index (χ0) is 44.6. The molecule has 330 valence electrons. The molecule has 4 heterocycles. The van der Waals surface area contributed by atoms with Crippen molar-refractivity contribution in [2.24, 2.45) is 17.4 Å². The van der Waals surface area contributed by atoms with Gasteiger partial charge in [0.1, 0.15) is 23.0 Å². The number of ether oxygens (including phenoxy) is 1. The maximum atomic E-state index is 14.4. The standard InChI is InChI=1S/C42H48FN7O5.C2HF3O2/c43-30-8-11-35(51)33(22-30)39-32(14-18-47-49-39)34-24-42(37(44)25-46-34,29-4-2-1-3-5-29)23-28(40(45)53)17-21-50-19-15-27(16-20-50)26-6-9-31(10-7-26)55-36-12-13-38(52)48-41(36)54;3-2(4,5)1(6)7/h1-11,14,18,22,27-28,34,36-37,46,51H,12-13,15-17,19-21,23-25,44H2,(H2,45,53)(H,48,52,54);(H,6,7). The third-order valence-electron chi connectivity index (χ3n) is 12.0. The highest BCUT2D eigenvalue weighted by molar-refractivity contribution is 5.99. The quantitative estimate of drug-likeness (QED) is 0.0830. The van der Waals surface area contributed by atoms with Crippen LogP contribution in [0.25, 0.3) is 11.3 Å². The Morgan fingerprint density at radius 1 is 1.00 bits per heavy atom. The van der Waals surface area contributed by atoms with E-state index in [9.17, 15) is 37.1 Å². The average Bonchev–Trinajstić information content (AvgIpc) is 3.25. The number of halogens is 4. The molecule has 3 saturated heterocycles. The summed E-state index contributed by atoms with van der Waals surface area (Å²) in [5, 5.41) is 32.1. The number of benzene rings is 3. The molecule has 5 atom stereocenters. The molecule has 62 heavy (non-hydrogen) atoms. The van der Waals surface area contributed by atoms with Crippen molar-refractivity contribution in [3.63, 3.8) is 0 Å². The Hall–Kier alpha value is -5.98. The van der Waals surface area contributed by atoms with Crippen LogP contribution in [0.4, 0.5) is 17.6 Å². The van der Waals surface area contributed by atoms with Crippen molar-refractivity contribution >= 4 is 23.7 Å². The number of aromatic hydroxyl groups is 1. The third-order valence-corrected chi connectivity index (χ3v) is 12.0. The number of rotatable bonds is 12. The maximum absolute atomic E-state index is 14.4. The number of alkyl halides is 3. The molecule has 3 amide bonds. The Morgan fingerprint density at radius 3 is 2.34 bits per heavy atom.